The fraction of sp³-hybridized carbons (Fsp3) is 0.0588. The highest BCUT2D eigenvalue weighted by molar-refractivity contribution is 5.81. The first-order valence-corrected chi connectivity index (χ1v) is 6.54. The van der Waals surface area contributed by atoms with E-state index in [1.165, 1.54) is 0 Å². The van der Waals surface area contributed by atoms with Crippen LogP contribution in [-0.2, 0) is 0 Å². The molecule has 3 nitrogen and oxygen atoms in total. The van der Waals surface area contributed by atoms with Crippen molar-refractivity contribution in [2.24, 2.45) is 4.99 Å². The third-order valence-electron chi connectivity index (χ3n) is 2.96. The number of benzene rings is 2. The van der Waals surface area contributed by atoms with Gasteiger partial charge in [-0.25, -0.2) is 9.67 Å². The van der Waals surface area contributed by atoms with Gasteiger partial charge in [-0.05, 0) is 24.6 Å². The number of aryl methyl sites for hydroxylation is 1. The first-order chi connectivity index (χ1) is 9.83. The minimum absolute atomic E-state index is 0.831. The maximum Gasteiger partial charge on any atom is 0.155 e. The summed E-state index contributed by atoms with van der Waals surface area (Å²) in [6.45, 7) is 1.97. The number of hydrogen-bond donors (Lipinski definition) is 0. The van der Waals surface area contributed by atoms with Gasteiger partial charge in [-0.15, -0.1) is 0 Å². The Labute approximate surface area is 118 Å². The Kier molecular flexibility index (Phi) is 3.42. The van der Waals surface area contributed by atoms with E-state index in [4.69, 9.17) is 0 Å². The van der Waals surface area contributed by atoms with Crippen LogP contribution >= 0.6 is 0 Å². The lowest BCUT2D eigenvalue weighted by Gasteiger charge is -2.03. The van der Waals surface area contributed by atoms with E-state index in [1.54, 1.807) is 0 Å². The second kappa shape index (κ2) is 5.53. The monoisotopic (exact) mass is 261 g/mol. The van der Waals surface area contributed by atoms with Crippen LogP contribution in [-0.4, -0.2) is 16.0 Å². The third kappa shape index (κ3) is 2.67. The van der Waals surface area contributed by atoms with E-state index in [1.807, 2.05) is 84.6 Å². The zero-order valence-corrected chi connectivity index (χ0v) is 11.3. The maximum atomic E-state index is 4.55. The van der Waals surface area contributed by atoms with Crippen molar-refractivity contribution in [2.75, 3.05) is 0 Å². The number of aromatic nitrogens is 2. The molecule has 3 heteroatoms. The Hall–Kier alpha value is -2.68. The van der Waals surface area contributed by atoms with E-state index in [9.17, 15) is 0 Å². The molecule has 20 heavy (non-hydrogen) atoms. The van der Waals surface area contributed by atoms with Gasteiger partial charge in [0.25, 0.3) is 0 Å². The topological polar surface area (TPSA) is 30.2 Å². The van der Waals surface area contributed by atoms with E-state index in [0.717, 1.165) is 22.8 Å². The summed E-state index contributed by atoms with van der Waals surface area (Å²) in [5.74, 6) is 0.831. The van der Waals surface area contributed by atoms with E-state index in [-0.39, 0.29) is 0 Å². The van der Waals surface area contributed by atoms with Gasteiger partial charge in [0.05, 0.1) is 11.4 Å². The SMILES string of the molecule is Cc1cc(N=Cc2ccccc2)n(-c2ccccc2)n1. The van der Waals surface area contributed by atoms with Crippen molar-refractivity contribution in [1.29, 1.82) is 0 Å². The molecule has 0 amide bonds. The molecule has 0 aliphatic carbocycles. The molecule has 98 valence electrons. The molecular formula is C17H15N3. The van der Waals surface area contributed by atoms with E-state index >= 15 is 0 Å². The number of rotatable bonds is 3. The van der Waals surface area contributed by atoms with Crippen LogP contribution in [0.3, 0.4) is 0 Å². The van der Waals surface area contributed by atoms with Gasteiger partial charge in [0, 0.05) is 12.3 Å². The number of nitrogens with zero attached hydrogens (tertiary/aromatic N) is 3. The third-order valence-corrected chi connectivity index (χ3v) is 2.96. The van der Waals surface area contributed by atoms with Gasteiger partial charge >= 0.3 is 0 Å². The zero-order valence-electron chi connectivity index (χ0n) is 11.3. The van der Waals surface area contributed by atoms with Gasteiger partial charge in [0.1, 0.15) is 0 Å². The molecule has 3 rings (SSSR count). The predicted octanol–water partition coefficient (Wildman–Crippen LogP) is 3.93. The Morgan fingerprint density at radius 1 is 0.950 bits per heavy atom. The molecule has 1 aromatic heterocycles. The Morgan fingerprint density at radius 3 is 2.30 bits per heavy atom. The molecule has 0 saturated carbocycles. The van der Waals surface area contributed by atoms with Crippen LogP contribution in [0.1, 0.15) is 11.3 Å². The molecule has 0 unspecified atom stereocenters. The highest BCUT2D eigenvalue weighted by Crippen LogP contribution is 2.19. The van der Waals surface area contributed by atoms with E-state index < -0.39 is 0 Å². The number of para-hydroxylation sites is 1. The summed E-state index contributed by atoms with van der Waals surface area (Å²) in [7, 11) is 0. The molecule has 0 aliphatic rings. The van der Waals surface area contributed by atoms with Crippen LogP contribution in [0.5, 0.6) is 0 Å². The molecule has 0 bridgehead atoms. The lowest BCUT2D eigenvalue weighted by Crippen LogP contribution is -1.95. The minimum Gasteiger partial charge on any atom is -0.236 e. The summed E-state index contributed by atoms with van der Waals surface area (Å²) in [4.78, 5) is 4.55. The molecule has 3 aromatic rings. The molecular weight excluding hydrogens is 246 g/mol. The van der Waals surface area contributed by atoms with Crippen molar-refractivity contribution in [3.05, 3.63) is 78.0 Å². The van der Waals surface area contributed by atoms with Crippen molar-refractivity contribution in [3.63, 3.8) is 0 Å². The molecule has 0 fully saturated rings. The second-order valence-electron chi connectivity index (χ2n) is 4.56. The maximum absolute atomic E-state index is 4.55. The van der Waals surface area contributed by atoms with Crippen LogP contribution < -0.4 is 0 Å². The smallest absolute Gasteiger partial charge is 0.155 e. The quantitative estimate of drug-likeness (QED) is 0.657. The van der Waals surface area contributed by atoms with Crippen molar-refractivity contribution in [2.45, 2.75) is 6.92 Å². The fourth-order valence-corrected chi connectivity index (χ4v) is 2.02. The minimum atomic E-state index is 0.831. The lowest BCUT2D eigenvalue weighted by molar-refractivity contribution is 0.863. The molecule has 0 spiro atoms. The summed E-state index contributed by atoms with van der Waals surface area (Å²) >= 11 is 0. The van der Waals surface area contributed by atoms with Gasteiger partial charge in [-0.1, -0.05) is 48.5 Å². The Morgan fingerprint density at radius 2 is 1.60 bits per heavy atom. The molecule has 0 radical (unpaired) electrons. The van der Waals surface area contributed by atoms with Gasteiger partial charge in [-0.3, -0.25) is 0 Å². The van der Waals surface area contributed by atoms with Gasteiger partial charge in [0.15, 0.2) is 5.82 Å². The largest absolute Gasteiger partial charge is 0.236 e. The molecule has 0 N–H and O–H groups in total. The van der Waals surface area contributed by atoms with Crippen LogP contribution in [0.2, 0.25) is 0 Å². The summed E-state index contributed by atoms with van der Waals surface area (Å²) in [5.41, 5.74) is 3.04. The molecule has 0 atom stereocenters. The first kappa shape index (κ1) is 12.4. The Balaban J connectivity index is 1.97. The average molecular weight is 261 g/mol. The molecule has 2 aromatic carbocycles. The summed E-state index contributed by atoms with van der Waals surface area (Å²) in [5, 5.41) is 4.50. The first-order valence-electron chi connectivity index (χ1n) is 6.54. The van der Waals surface area contributed by atoms with Gasteiger partial charge in [0.2, 0.25) is 0 Å². The van der Waals surface area contributed by atoms with Crippen LogP contribution in [0, 0.1) is 6.92 Å². The molecule has 0 aliphatic heterocycles. The van der Waals surface area contributed by atoms with Crippen molar-refractivity contribution < 1.29 is 0 Å². The van der Waals surface area contributed by atoms with E-state index in [0.29, 0.717) is 0 Å². The predicted molar refractivity (Wildman–Crippen MR) is 82.0 cm³/mol. The van der Waals surface area contributed by atoms with Crippen molar-refractivity contribution in [3.8, 4) is 5.69 Å². The van der Waals surface area contributed by atoms with Gasteiger partial charge in [-0.2, -0.15) is 5.10 Å². The molecule has 0 saturated heterocycles. The van der Waals surface area contributed by atoms with Gasteiger partial charge < -0.3 is 0 Å². The van der Waals surface area contributed by atoms with Crippen LogP contribution in [0.15, 0.2) is 71.7 Å². The average Bonchev–Trinajstić information content (AvgIpc) is 2.88. The van der Waals surface area contributed by atoms with E-state index in [2.05, 4.69) is 10.1 Å². The highest BCUT2D eigenvalue weighted by Gasteiger charge is 2.05. The van der Waals surface area contributed by atoms with Crippen LogP contribution in [0.4, 0.5) is 5.82 Å². The van der Waals surface area contributed by atoms with Crippen LogP contribution in [0.25, 0.3) is 5.69 Å². The molecule has 1 heterocycles. The second-order valence-corrected chi connectivity index (χ2v) is 4.56. The Bertz CT molecular complexity index is 713. The number of aliphatic imine (C=N–C) groups is 1. The number of hydrogen-bond acceptors (Lipinski definition) is 2. The summed E-state index contributed by atoms with van der Waals surface area (Å²) in [6, 6.07) is 22.1. The zero-order chi connectivity index (χ0) is 13.8. The standard InChI is InChI=1S/C17H15N3/c1-14-12-17(18-13-15-8-4-2-5-9-15)20(19-14)16-10-6-3-7-11-16/h2-13H,1H3. The normalized spacial score (nSPS) is 11.1. The lowest BCUT2D eigenvalue weighted by atomic mass is 10.2. The highest BCUT2D eigenvalue weighted by atomic mass is 15.3. The van der Waals surface area contributed by atoms with Crippen molar-refractivity contribution in [1.82, 2.24) is 9.78 Å². The fourth-order valence-electron chi connectivity index (χ4n) is 2.02. The summed E-state index contributed by atoms with van der Waals surface area (Å²) < 4.78 is 1.86. The summed E-state index contributed by atoms with van der Waals surface area (Å²) in [6.07, 6.45) is 1.86. The van der Waals surface area contributed by atoms with Crippen molar-refractivity contribution >= 4 is 12.0 Å².